The Morgan fingerprint density at radius 2 is 1.56 bits per heavy atom. The third-order valence-electron chi connectivity index (χ3n) is 2.09. The van der Waals surface area contributed by atoms with Crippen LogP contribution in [0.15, 0.2) is 0 Å². The highest BCUT2D eigenvalue weighted by Gasteiger charge is 2.09. The molecular formula is C8H15N. The second kappa shape index (κ2) is 3.89. The molecule has 1 rings (SSSR count). The highest BCUT2D eigenvalue weighted by molar-refractivity contribution is 4.72. The van der Waals surface area contributed by atoms with Crippen LogP contribution in [0.1, 0.15) is 38.5 Å². The van der Waals surface area contributed by atoms with Gasteiger partial charge in [-0.05, 0) is 18.8 Å². The molecule has 0 saturated heterocycles. The molecule has 1 heteroatoms. The minimum Gasteiger partial charge on any atom is -0.322 e. The summed E-state index contributed by atoms with van der Waals surface area (Å²) in [6.45, 7) is 2.84. The van der Waals surface area contributed by atoms with Crippen LogP contribution in [0.5, 0.6) is 0 Å². The van der Waals surface area contributed by atoms with Gasteiger partial charge in [-0.15, -0.1) is 0 Å². The van der Waals surface area contributed by atoms with E-state index in [2.05, 4.69) is 6.54 Å². The van der Waals surface area contributed by atoms with Crippen molar-refractivity contribution in [2.24, 2.45) is 11.7 Å². The highest BCUT2D eigenvalue weighted by atomic mass is 14.5. The summed E-state index contributed by atoms with van der Waals surface area (Å²) in [7, 11) is 0. The Balaban J connectivity index is 2.18. The van der Waals surface area contributed by atoms with Crippen LogP contribution in [0.4, 0.5) is 0 Å². The Morgan fingerprint density at radius 1 is 1.00 bits per heavy atom. The van der Waals surface area contributed by atoms with Crippen LogP contribution in [0.2, 0.25) is 0 Å². The first-order chi connectivity index (χ1) is 4.43. The molecule has 0 atom stereocenters. The monoisotopic (exact) mass is 125 g/mol. The SMILES string of the molecule is N[C]C1CCCCCC1. The molecule has 52 valence electrons. The first kappa shape index (κ1) is 7.07. The average Bonchev–Trinajstić information content (AvgIpc) is 2.13. The summed E-state index contributed by atoms with van der Waals surface area (Å²) in [4.78, 5) is 0. The lowest BCUT2D eigenvalue weighted by Gasteiger charge is -2.07. The molecule has 0 bridgehead atoms. The average molecular weight is 125 g/mol. The van der Waals surface area contributed by atoms with E-state index in [0.29, 0.717) is 5.92 Å². The molecule has 2 radical (unpaired) electrons. The van der Waals surface area contributed by atoms with E-state index in [1.807, 2.05) is 0 Å². The summed E-state index contributed by atoms with van der Waals surface area (Å²) in [5.41, 5.74) is 5.32. The van der Waals surface area contributed by atoms with E-state index in [1.54, 1.807) is 0 Å². The maximum atomic E-state index is 5.32. The van der Waals surface area contributed by atoms with Crippen molar-refractivity contribution in [3.05, 3.63) is 6.54 Å². The van der Waals surface area contributed by atoms with Gasteiger partial charge in [0.15, 0.2) is 0 Å². The van der Waals surface area contributed by atoms with Crippen molar-refractivity contribution in [2.45, 2.75) is 38.5 Å². The Labute approximate surface area is 57.6 Å². The molecule has 1 saturated carbocycles. The van der Waals surface area contributed by atoms with Gasteiger partial charge in [-0.2, -0.15) is 0 Å². The van der Waals surface area contributed by atoms with Crippen molar-refractivity contribution in [3.63, 3.8) is 0 Å². The molecule has 0 spiro atoms. The number of hydrogen-bond acceptors (Lipinski definition) is 1. The van der Waals surface area contributed by atoms with Gasteiger partial charge in [-0.25, -0.2) is 0 Å². The van der Waals surface area contributed by atoms with Crippen molar-refractivity contribution < 1.29 is 0 Å². The zero-order valence-electron chi connectivity index (χ0n) is 5.90. The first-order valence-electron chi connectivity index (χ1n) is 3.89. The van der Waals surface area contributed by atoms with E-state index in [-0.39, 0.29) is 0 Å². The fraction of sp³-hybridized carbons (Fsp3) is 0.875. The van der Waals surface area contributed by atoms with Gasteiger partial charge < -0.3 is 5.73 Å². The molecule has 0 heterocycles. The highest BCUT2D eigenvalue weighted by Crippen LogP contribution is 2.22. The van der Waals surface area contributed by atoms with Gasteiger partial charge in [0.1, 0.15) is 0 Å². The summed E-state index contributed by atoms with van der Waals surface area (Å²) in [5, 5.41) is 0. The largest absolute Gasteiger partial charge is 0.322 e. The standard InChI is InChI=1S/C8H15N/c9-7-8-5-3-1-2-4-6-8/h8H,1-6,9H2. The van der Waals surface area contributed by atoms with Crippen molar-refractivity contribution in [1.82, 2.24) is 0 Å². The zero-order chi connectivity index (χ0) is 6.53. The molecular weight excluding hydrogens is 110 g/mol. The van der Waals surface area contributed by atoms with E-state index in [0.717, 1.165) is 0 Å². The molecule has 9 heavy (non-hydrogen) atoms. The minimum atomic E-state index is 0.604. The maximum absolute atomic E-state index is 5.32. The van der Waals surface area contributed by atoms with Crippen LogP contribution in [0.3, 0.4) is 0 Å². The quantitative estimate of drug-likeness (QED) is 0.420. The Hall–Kier alpha value is -0.0400. The topological polar surface area (TPSA) is 26.0 Å². The van der Waals surface area contributed by atoms with Crippen LogP contribution in [0.25, 0.3) is 0 Å². The van der Waals surface area contributed by atoms with Gasteiger partial charge >= 0.3 is 0 Å². The van der Waals surface area contributed by atoms with Gasteiger partial charge in [0.25, 0.3) is 0 Å². The van der Waals surface area contributed by atoms with Gasteiger partial charge in [-0.1, -0.05) is 25.7 Å². The third-order valence-corrected chi connectivity index (χ3v) is 2.09. The number of rotatable bonds is 1. The normalized spacial score (nSPS) is 23.7. The summed E-state index contributed by atoms with van der Waals surface area (Å²) in [5.74, 6) is 0.604. The zero-order valence-corrected chi connectivity index (χ0v) is 5.90. The fourth-order valence-corrected chi connectivity index (χ4v) is 1.45. The predicted molar refractivity (Wildman–Crippen MR) is 38.6 cm³/mol. The van der Waals surface area contributed by atoms with Crippen molar-refractivity contribution >= 4 is 0 Å². The lowest BCUT2D eigenvalue weighted by Crippen LogP contribution is -2.05. The van der Waals surface area contributed by atoms with E-state index in [9.17, 15) is 0 Å². The fourth-order valence-electron chi connectivity index (χ4n) is 1.45. The first-order valence-corrected chi connectivity index (χ1v) is 3.89. The molecule has 0 unspecified atom stereocenters. The second-order valence-corrected chi connectivity index (χ2v) is 2.86. The minimum absolute atomic E-state index is 0.604. The Kier molecular flexibility index (Phi) is 3.05. The molecule has 0 aromatic carbocycles. The molecule has 1 aliphatic rings. The lowest BCUT2D eigenvalue weighted by molar-refractivity contribution is 0.519. The van der Waals surface area contributed by atoms with Gasteiger partial charge in [-0.3, -0.25) is 0 Å². The second-order valence-electron chi connectivity index (χ2n) is 2.86. The van der Waals surface area contributed by atoms with Crippen molar-refractivity contribution in [1.29, 1.82) is 0 Å². The van der Waals surface area contributed by atoms with E-state index in [1.165, 1.54) is 38.5 Å². The van der Waals surface area contributed by atoms with Crippen LogP contribution < -0.4 is 5.73 Å². The molecule has 1 aliphatic carbocycles. The smallest absolute Gasteiger partial charge is 0.0591 e. The molecule has 0 amide bonds. The maximum Gasteiger partial charge on any atom is 0.0591 e. The number of nitrogens with two attached hydrogens (primary N) is 1. The summed E-state index contributed by atoms with van der Waals surface area (Å²) in [6, 6.07) is 0. The summed E-state index contributed by atoms with van der Waals surface area (Å²) < 4.78 is 0. The molecule has 1 nitrogen and oxygen atoms in total. The molecule has 0 aromatic heterocycles. The van der Waals surface area contributed by atoms with Crippen LogP contribution in [-0.4, -0.2) is 0 Å². The van der Waals surface area contributed by atoms with Crippen LogP contribution in [0, 0.1) is 12.5 Å². The van der Waals surface area contributed by atoms with E-state index in [4.69, 9.17) is 5.73 Å². The van der Waals surface area contributed by atoms with Crippen LogP contribution >= 0.6 is 0 Å². The predicted octanol–water partition coefficient (Wildman–Crippen LogP) is 1.95. The Bertz CT molecular complexity index is 63.0. The van der Waals surface area contributed by atoms with Gasteiger partial charge in [0.2, 0.25) is 0 Å². The molecule has 0 aliphatic heterocycles. The molecule has 2 N–H and O–H groups in total. The summed E-state index contributed by atoms with van der Waals surface area (Å²) >= 11 is 0. The van der Waals surface area contributed by atoms with Crippen LogP contribution in [-0.2, 0) is 0 Å². The lowest BCUT2D eigenvalue weighted by atomic mass is 10.0. The third kappa shape index (κ3) is 2.35. The van der Waals surface area contributed by atoms with E-state index < -0.39 is 0 Å². The van der Waals surface area contributed by atoms with E-state index >= 15 is 0 Å². The van der Waals surface area contributed by atoms with Crippen molar-refractivity contribution in [2.75, 3.05) is 0 Å². The molecule has 0 aromatic rings. The van der Waals surface area contributed by atoms with Gasteiger partial charge in [0.05, 0.1) is 6.54 Å². The Morgan fingerprint density at radius 3 is 2.00 bits per heavy atom. The van der Waals surface area contributed by atoms with Gasteiger partial charge in [0, 0.05) is 0 Å². The summed E-state index contributed by atoms with van der Waals surface area (Å²) in [6.07, 6.45) is 8.06. The molecule has 1 fully saturated rings. The number of hydrogen-bond donors (Lipinski definition) is 1. The van der Waals surface area contributed by atoms with Crippen molar-refractivity contribution in [3.8, 4) is 0 Å².